The van der Waals surface area contributed by atoms with E-state index in [1.54, 1.807) is 23.7 Å². The van der Waals surface area contributed by atoms with Crippen molar-refractivity contribution in [1.82, 2.24) is 4.57 Å². The van der Waals surface area contributed by atoms with Crippen LogP contribution in [0.2, 0.25) is 0 Å². The smallest absolute Gasteiger partial charge is 0.350 e. The quantitative estimate of drug-likeness (QED) is 0.751. The highest BCUT2D eigenvalue weighted by atomic mass is 19.4. The van der Waals surface area contributed by atoms with Gasteiger partial charge in [0.05, 0.1) is 0 Å². The highest BCUT2D eigenvalue weighted by Gasteiger charge is 2.32. The Balaban J connectivity index is 2.49. The van der Waals surface area contributed by atoms with Crippen molar-refractivity contribution in [1.29, 1.82) is 0 Å². The zero-order chi connectivity index (χ0) is 13.5. The molecule has 5 heteroatoms. The molecule has 0 bridgehead atoms. The first kappa shape index (κ1) is 12.7. The molecule has 0 saturated carbocycles. The molecule has 0 N–H and O–H groups in total. The van der Waals surface area contributed by atoms with Crippen LogP contribution in [-0.2, 0) is 7.05 Å². The van der Waals surface area contributed by atoms with Crippen molar-refractivity contribution in [2.45, 2.75) is 19.5 Å². The first-order valence-electron chi connectivity index (χ1n) is 5.43. The minimum Gasteiger partial charge on any atom is -0.350 e. The SMILES string of the molecule is Cc1ccc2c(C(=O)CC(F)(F)F)cn(C)c2c1. The lowest BCUT2D eigenvalue weighted by Crippen LogP contribution is -2.14. The first-order chi connectivity index (χ1) is 8.28. The predicted molar refractivity (Wildman–Crippen MR) is 62.7 cm³/mol. The molecule has 0 spiro atoms. The summed E-state index contributed by atoms with van der Waals surface area (Å²) in [5, 5.41) is 0.567. The summed E-state index contributed by atoms with van der Waals surface area (Å²) in [4.78, 5) is 11.6. The largest absolute Gasteiger partial charge is 0.396 e. The third kappa shape index (κ3) is 2.39. The van der Waals surface area contributed by atoms with Gasteiger partial charge in [-0.15, -0.1) is 0 Å². The number of fused-ring (bicyclic) bond motifs is 1. The van der Waals surface area contributed by atoms with E-state index in [9.17, 15) is 18.0 Å². The monoisotopic (exact) mass is 255 g/mol. The number of ketones is 1. The number of rotatable bonds is 2. The summed E-state index contributed by atoms with van der Waals surface area (Å²) in [5.74, 6) is -0.892. The van der Waals surface area contributed by atoms with Crippen LogP contribution in [0.4, 0.5) is 13.2 Å². The molecule has 2 aromatic rings. The molecule has 0 fully saturated rings. The molecule has 0 radical (unpaired) electrons. The maximum Gasteiger partial charge on any atom is 0.396 e. The number of Topliss-reactive ketones (excluding diaryl/α,β-unsaturated/α-hetero) is 1. The Morgan fingerprint density at radius 3 is 2.61 bits per heavy atom. The topological polar surface area (TPSA) is 22.0 Å². The van der Waals surface area contributed by atoms with Crippen molar-refractivity contribution >= 4 is 16.7 Å². The van der Waals surface area contributed by atoms with E-state index >= 15 is 0 Å². The Morgan fingerprint density at radius 2 is 2.00 bits per heavy atom. The molecule has 2 rings (SSSR count). The van der Waals surface area contributed by atoms with Gasteiger partial charge in [0.25, 0.3) is 0 Å². The molecule has 0 amide bonds. The van der Waals surface area contributed by atoms with Gasteiger partial charge < -0.3 is 4.57 Å². The van der Waals surface area contributed by atoms with E-state index in [4.69, 9.17) is 0 Å². The molecular weight excluding hydrogens is 243 g/mol. The average molecular weight is 255 g/mol. The van der Waals surface area contributed by atoms with Gasteiger partial charge in [-0.25, -0.2) is 0 Å². The fourth-order valence-corrected chi connectivity index (χ4v) is 1.99. The van der Waals surface area contributed by atoms with E-state index in [0.29, 0.717) is 5.39 Å². The molecule has 0 saturated heterocycles. The van der Waals surface area contributed by atoms with Gasteiger partial charge in [-0.1, -0.05) is 12.1 Å². The number of benzene rings is 1. The van der Waals surface area contributed by atoms with E-state index in [2.05, 4.69) is 0 Å². The normalized spacial score (nSPS) is 12.1. The molecule has 1 aromatic heterocycles. The van der Waals surface area contributed by atoms with Crippen LogP contribution in [0.5, 0.6) is 0 Å². The van der Waals surface area contributed by atoms with Gasteiger partial charge in [-0.3, -0.25) is 4.79 Å². The summed E-state index contributed by atoms with van der Waals surface area (Å²) in [5.41, 5.74) is 1.89. The molecular formula is C13H12F3NO. The number of halogens is 3. The second-order valence-electron chi connectivity index (χ2n) is 4.39. The van der Waals surface area contributed by atoms with Crippen molar-refractivity contribution < 1.29 is 18.0 Å². The minimum absolute atomic E-state index is 0.129. The van der Waals surface area contributed by atoms with Gasteiger partial charge in [0.15, 0.2) is 5.78 Å². The number of hydrogen-bond acceptors (Lipinski definition) is 1. The van der Waals surface area contributed by atoms with Crippen LogP contribution in [0.15, 0.2) is 24.4 Å². The zero-order valence-electron chi connectivity index (χ0n) is 10.0. The summed E-state index contributed by atoms with van der Waals surface area (Å²) in [6.45, 7) is 1.89. The summed E-state index contributed by atoms with van der Waals surface area (Å²) in [6.07, 6.45) is -4.43. The third-order valence-electron chi connectivity index (χ3n) is 2.81. The Morgan fingerprint density at radius 1 is 1.33 bits per heavy atom. The number of aromatic nitrogens is 1. The third-order valence-corrected chi connectivity index (χ3v) is 2.81. The Kier molecular flexibility index (Phi) is 2.92. The number of nitrogens with zero attached hydrogens (tertiary/aromatic N) is 1. The van der Waals surface area contributed by atoms with Gasteiger partial charge in [0.2, 0.25) is 0 Å². The van der Waals surface area contributed by atoms with Crippen LogP contribution in [0, 0.1) is 6.92 Å². The van der Waals surface area contributed by atoms with E-state index < -0.39 is 18.4 Å². The lowest BCUT2D eigenvalue weighted by Gasteiger charge is -2.04. The molecule has 1 heterocycles. The van der Waals surface area contributed by atoms with Crippen LogP contribution in [0.25, 0.3) is 10.9 Å². The minimum atomic E-state index is -4.47. The van der Waals surface area contributed by atoms with Gasteiger partial charge >= 0.3 is 6.18 Å². The second-order valence-corrected chi connectivity index (χ2v) is 4.39. The molecule has 0 aliphatic rings. The average Bonchev–Trinajstić information content (AvgIpc) is 2.54. The number of alkyl halides is 3. The Labute approximate surface area is 102 Å². The summed E-state index contributed by atoms with van der Waals surface area (Å²) >= 11 is 0. The molecule has 0 aliphatic carbocycles. The van der Waals surface area contributed by atoms with E-state index in [1.807, 2.05) is 13.0 Å². The van der Waals surface area contributed by atoms with E-state index in [1.165, 1.54) is 6.20 Å². The van der Waals surface area contributed by atoms with Crippen molar-refractivity contribution in [2.24, 2.45) is 7.05 Å². The van der Waals surface area contributed by atoms with Crippen LogP contribution in [0.3, 0.4) is 0 Å². The zero-order valence-corrected chi connectivity index (χ0v) is 10.0. The van der Waals surface area contributed by atoms with Crippen molar-refractivity contribution in [3.05, 3.63) is 35.5 Å². The van der Waals surface area contributed by atoms with Crippen LogP contribution >= 0.6 is 0 Å². The first-order valence-corrected chi connectivity index (χ1v) is 5.43. The maximum absolute atomic E-state index is 12.2. The van der Waals surface area contributed by atoms with Crippen LogP contribution < -0.4 is 0 Å². The molecule has 96 valence electrons. The Hall–Kier alpha value is -1.78. The van der Waals surface area contributed by atoms with Crippen molar-refractivity contribution in [3.8, 4) is 0 Å². The summed E-state index contributed by atoms with van der Waals surface area (Å²) < 4.78 is 38.4. The highest BCUT2D eigenvalue weighted by molar-refractivity contribution is 6.08. The van der Waals surface area contributed by atoms with E-state index in [0.717, 1.165) is 11.1 Å². The number of carbonyl (C=O) groups excluding carboxylic acids is 1. The number of hydrogen-bond donors (Lipinski definition) is 0. The number of carbonyl (C=O) groups is 1. The van der Waals surface area contributed by atoms with E-state index in [-0.39, 0.29) is 5.56 Å². The number of aryl methyl sites for hydroxylation is 2. The van der Waals surface area contributed by atoms with Crippen molar-refractivity contribution in [3.63, 3.8) is 0 Å². The predicted octanol–water partition coefficient (Wildman–Crippen LogP) is 3.62. The maximum atomic E-state index is 12.2. The molecule has 1 aromatic carbocycles. The van der Waals surface area contributed by atoms with Gasteiger partial charge in [-0.05, 0) is 18.6 Å². The molecule has 0 aliphatic heterocycles. The van der Waals surface area contributed by atoms with Crippen LogP contribution in [-0.4, -0.2) is 16.5 Å². The van der Waals surface area contributed by atoms with Crippen molar-refractivity contribution in [2.75, 3.05) is 0 Å². The molecule has 0 unspecified atom stereocenters. The molecule has 2 nitrogen and oxygen atoms in total. The van der Waals surface area contributed by atoms with Gasteiger partial charge in [0.1, 0.15) is 6.42 Å². The highest BCUT2D eigenvalue weighted by Crippen LogP contribution is 2.27. The van der Waals surface area contributed by atoms with Gasteiger partial charge in [0, 0.05) is 29.7 Å². The fraction of sp³-hybridized carbons (Fsp3) is 0.308. The van der Waals surface area contributed by atoms with Crippen LogP contribution in [0.1, 0.15) is 22.3 Å². The fourth-order valence-electron chi connectivity index (χ4n) is 1.99. The molecule has 18 heavy (non-hydrogen) atoms. The molecule has 0 atom stereocenters. The summed E-state index contributed by atoms with van der Waals surface area (Å²) in [7, 11) is 1.71. The lowest BCUT2D eigenvalue weighted by molar-refractivity contribution is -0.125. The summed E-state index contributed by atoms with van der Waals surface area (Å²) in [6, 6.07) is 5.32. The second kappa shape index (κ2) is 4.15. The standard InChI is InChI=1S/C13H12F3NO/c1-8-3-4-9-10(7-17(2)11(9)5-8)12(18)6-13(14,15)16/h3-5,7H,6H2,1-2H3. The lowest BCUT2D eigenvalue weighted by atomic mass is 10.1. The van der Waals surface area contributed by atoms with Gasteiger partial charge in [-0.2, -0.15) is 13.2 Å². The Bertz CT molecular complexity index is 610.